The van der Waals surface area contributed by atoms with Crippen LogP contribution in [0, 0.1) is 18.6 Å². The second kappa shape index (κ2) is 7.57. The summed E-state index contributed by atoms with van der Waals surface area (Å²) < 4.78 is 26.6. The smallest absolute Gasteiger partial charge is 0.126 e. The molecule has 0 bridgehead atoms. The van der Waals surface area contributed by atoms with Gasteiger partial charge in [0.1, 0.15) is 11.6 Å². The van der Waals surface area contributed by atoms with Crippen LogP contribution in [0.1, 0.15) is 24.1 Å². The number of benzene rings is 2. The van der Waals surface area contributed by atoms with Gasteiger partial charge in [-0.1, -0.05) is 19.1 Å². The molecular formula is C17H19F2NS. The first-order chi connectivity index (χ1) is 10.1. The van der Waals surface area contributed by atoms with Crippen LogP contribution < -0.4 is 5.32 Å². The molecule has 21 heavy (non-hydrogen) atoms. The van der Waals surface area contributed by atoms with Crippen LogP contribution in [0.3, 0.4) is 0 Å². The molecule has 0 spiro atoms. The highest BCUT2D eigenvalue weighted by molar-refractivity contribution is 7.99. The maximum absolute atomic E-state index is 13.7. The van der Waals surface area contributed by atoms with Gasteiger partial charge in [-0.15, -0.1) is 11.8 Å². The average molecular weight is 307 g/mol. The number of hydrogen-bond donors (Lipinski definition) is 1. The molecule has 0 aliphatic heterocycles. The number of rotatable bonds is 6. The normalized spacial score (nSPS) is 12.4. The van der Waals surface area contributed by atoms with Crippen LogP contribution in [0.25, 0.3) is 0 Å². The molecule has 0 aliphatic carbocycles. The highest BCUT2D eigenvalue weighted by Crippen LogP contribution is 2.26. The van der Waals surface area contributed by atoms with Crippen LogP contribution in [0.4, 0.5) is 8.78 Å². The summed E-state index contributed by atoms with van der Waals surface area (Å²) >= 11 is 1.63. The predicted octanol–water partition coefficient (Wildman–Crippen LogP) is 4.72. The first-order valence-corrected chi connectivity index (χ1v) is 7.96. The van der Waals surface area contributed by atoms with Crippen LogP contribution in [0.5, 0.6) is 0 Å². The zero-order valence-corrected chi connectivity index (χ0v) is 13.0. The van der Waals surface area contributed by atoms with Crippen molar-refractivity contribution >= 4 is 11.8 Å². The number of hydrogen-bond acceptors (Lipinski definition) is 2. The van der Waals surface area contributed by atoms with Gasteiger partial charge in [0, 0.05) is 16.7 Å². The number of nitrogens with one attached hydrogen (secondary N) is 1. The summed E-state index contributed by atoms with van der Waals surface area (Å²) in [5, 5.41) is 3.37. The van der Waals surface area contributed by atoms with E-state index >= 15 is 0 Å². The molecule has 0 aromatic heterocycles. The summed E-state index contributed by atoms with van der Waals surface area (Å²) in [7, 11) is 0. The number of aryl methyl sites for hydroxylation is 1. The van der Waals surface area contributed by atoms with E-state index in [0.717, 1.165) is 22.8 Å². The molecule has 0 amide bonds. The third kappa shape index (κ3) is 4.55. The Kier molecular flexibility index (Phi) is 5.76. The van der Waals surface area contributed by atoms with Gasteiger partial charge in [0.25, 0.3) is 0 Å². The lowest BCUT2D eigenvalue weighted by molar-refractivity contribution is 0.585. The minimum absolute atomic E-state index is 0.0696. The largest absolute Gasteiger partial charge is 0.309 e. The molecule has 0 fully saturated rings. The summed E-state index contributed by atoms with van der Waals surface area (Å²) in [4.78, 5) is 1.01. The van der Waals surface area contributed by atoms with Gasteiger partial charge in [-0.05, 0) is 54.9 Å². The molecule has 2 aromatic carbocycles. The molecule has 0 aliphatic rings. The van der Waals surface area contributed by atoms with E-state index in [1.54, 1.807) is 43.0 Å². The molecule has 1 unspecified atom stereocenters. The highest BCUT2D eigenvalue weighted by Gasteiger charge is 2.12. The van der Waals surface area contributed by atoms with Crippen LogP contribution in [0.2, 0.25) is 0 Å². The van der Waals surface area contributed by atoms with Crippen molar-refractivity contribution in [2.45, 2.75) is 24.8 Å². The molecule has 2 aromatic rings. The van der Waals surface area contributed by atoms with Gasteiger partial charge in [-0.2, -0.15) is 0 Å². The molecule has 1 atom stereocenters. The van der Waals surface area contributed by atoms with E-state index in [0.29, 0.717) is 5.56 Å². The zero-order valence-electron chi connectivity index (χ0n) is 12.2. The van der Waals surface area contributed by atoms with Crippen molar-refractivity contribution in [2.24, 2.45) is 0 Å². The van der Waals surface area contributed by atoms with Crippen molar-refractivity contribution in [3.8, 4) is 0 Å². The molecular weight excluding hydrogens is 288 g/mol. The van der Waals surface area contributed by atoms with E-state index in [4.69, 9.17) is 0 Å². The Labute approximate surface area is 128 Å². The van der Waals surface area contributed by atoms with E-state index in [1.807, 2.05) is 13.0 Å². The molecule has 1 nitrogen and oxygen atoms in total. The lowest BCUT2D eigenvalue weighted by Crippen LogP contribution is -2.23. The van der Waals surface area contributed by atoms with Gasteiger partial charge in [0.2, 0.25) is 0 Å². The molecule has 0 saturated heterocycles. The molecule has 2 rings (SSSR count). The Morgan fingerprint density at radius 3 is 2.43 bits per heavy atom. The molecule has 0 radical (unpaired) electrons. The summed E-state index contributed by atoms with van der Waals surface area (Å²) in [5.41, 5.74) is 1.59. The van der Waals surface area contributed by atoms with Crippen molar-refractivity contribution in [2.75, 3.05) is 12.3 Å². The lowest BCUT2D eigenvalue weighted by atomic mass is 10.1. The monoisotopic (exact) mass is 307 g/mol. The SMILES string of the molecule is CCNC(CSc1ccc(F)cc1)c1ccc(C)c(F)c1. The van der Waals surface area contributed by atoms with Crippen molar-refractivity contribution in [3.05, 3.63) is 65.2 Å². The van der Waals surface area contributed by atoms with Crippen LogP contribution in [-0.4, -0.2) is 12.3 Å². The number of thioether (sulfide) groups is 1. The fourth-order valence-electron chi connectivity index (χ4n) is 2.06. The highest BCUT2D eigenvalue weighted by atomic mass is 32.2. The van der Waals surface area contributed by atoms with Crippen molar-refractivity contribution in [1.82, 2.24) is 5.32 Å². The average Bonchev–Trinajstić information content (AvgIpc) is 2.48. The zero-order chi connectivity index (χ0) is 15.2. The Morgan fingerprint density at radius 1 is 1.10 bits per heavy atom. The van der Waals surface area contributed by atoms with E-state index in [9.17, 15) is 8.78 Å². The predicted molar refractivity (Wildman–Crippen MR) is 84.7 cm³/mol. The third-order valence-electron chi connectivity index (χ3n) is 3.28. The van der Waals surface area contributed by atoms with E-state index in [1.165, 1.54) is 12.1 Å². The Balaban J connectivity index is 2.07. The van der Waals surface area contributed by atoms with Gasteiger partial charge in [-0.3, -0.25) is 0 Å². The minimum Gasteiger partial charge on any atom is -0.309 e. The molecule has 4 heteroatoms. The van der Waals surface area contributed by atoms with Crippen molar-refractivity contribution in [1.29, 1.82) is 0 Å². The van der Waals surface area contributed by atoms with Gasteiger partial charge < -0.3 is 5.32 Å². The topological polar surface area (TPSA) is 12.0 Å². The van der Waals surface area contributed by atoms with E-state index < -0.39 is 0 Å². The quantitative estimate of drug-likeness (QED) is 0.775. The summed E-state index contributed by atoms with van der Waals surface area (Å²) in [5.74, 6) is 0.354. The second-order valence-corrected chi connectivity index (χ2v) is 5.98. The molecule has 0 saturated carbocycles. The van der Waals surface area contributed by atoms with Crippen LogP contribution in [0.15, 0.2) is 47.4 Å². The van der Waals surface area contributed by atoms with Crippen LogP contribution in [-0.2, 0) is 0 Å². The first kappa shape index (κ1) is 16.0. The molecule has 112 valence electrons. The van der Waals surface area contributed by atoms with Crippen molar-refractivity contribution in [3.63, 3.8) is 0 Å². The first-order valence-electron chi connectivity index (χ1n) is 6.98. The molecule has 0 heterocycles. The Hall–Kier alpha value is -1.39. The second-order valence-electron chi connectivity index (χ2n) is 4.88. The van der Waals surface area contributed by atoms with Gasteiger partial charge in [-0.25, -0.2) is 8.78 Å². The Bertz CT molecular complexity index is 584. The van der Waals surface area contributed by atoms with E-state index in [-0.39, 0.29) is 17.7 Å². The molecule has 1 N–H and O–H groups in total. The third-order valence-corrected chi connectivity index (χ3v) is 4.38. The van der Waals surface area contributed by atoms with Gasteiger partial charge in [0.15, 0.2) is 0 Å². The van der Waals surface area contributed by atoms with Gasteiger partial charge in [0.05, 0.1) is 0 Å². The van der Waals surface area contributed by atoms with Gasteiger partial charge >= 0.3 is 0 Å². The maximum atomic E-state index is 13.7. The van der Waals surface area contributed by atoms with Crippen molar-refractivity contribution < 1.29 is 8.78 Å². The summed E-state index contributed by atoms with van der Waals surface area (Å²) in [6.07, 6.45) is 0. The Morgan fingerprint density at radius 2 is 1.81 bits per heavy atom. The lowest BCUT2D eigenvalue weighted by Gasteiger charge is -2.18. The maximum Gasteiger partial charge on any atom is 0.126 e. The van der Waals surface area contributed by atoms with E-state index in [2.05, 4.69) is 5.32 Å². The standard InChI is InChI=1S/C17H19F2NS/c1-3-20-17(13-5-4-12(2)16(19)10-13)11-21-15-8-6-14(18)7-9-15/h4-10,17,20H,3,11H2,1-2H3. The fraction of sp³-hybridized carbons (Fsp3) is 0.294. The van der Waals surface area contributed by atoms with Crippen LogP contribution >= 0.6 is 11.8 Å². The summed E-state index contributed by atoms with van der Waals surface area (Å²) in [6.45, 7) is 4.60. The summed E-state index contributed by atoms with van der Waals surface area (Å²) in [6, 6.07) is 11.9. The minimum atomic E-state index is -0.233. The fourth-order valence-corrected chi connectivity index (χ4v) is 3.05. The number of halogens is 2.